The van der Waals surface area contributed by atoms with Gasteiger partial charge in [-0.1, -0.05) is 38.1 Å². The molecule has 1 saturated heterocycles. The van der Waals surface area contributed by atoms with Gasteiger partial charge in [-0.2, -0.15) is 5.26 Å². The first kappa shape index (κ1) is 20.4. The molecule has 29 heavy (non-hydrogen) atoms. The van der Waals surface area contributed by atoms with Crippen LogP contribution in [0.2, 0.25) is 0 Å². The number of likely N-dealkylation sites (N-methyl/N-ethyl adjacent to an activating group) is 3. The van der Waals surface area contributed by atoms with Crippen LogP contribution in [0.5, 0.6) is 0 Å². The van der Waals surface area contributed by atoms with Crippen molar-refractivity contribution in [3.63, 3.8) is 0 Å². The fraction of sp³-hybridized carbons (Fsp3) is 0.318. The van der Waals surface area contributed by atoms with Crippen LogP contribution in [0.15, 0.2) is 59.3 Å². The lowest BCUT2D eigenvalue weighted by molar-refractivity contribution is -0.128. The highest BCUT2D eigenvalue weighted by molar-refractivity contribution is 6.07. The molecule has 0 aliphatic carbocycles. The number of hydrogen-bond donors (Lipinski definition) is 1. The van der Waals surface area contributed by atoms with Crippen LogP contribution < -0.4 is 4.90 Å². The van der Waals surface area contributed by atoms with E-state index in [1.54, 1.807) is 12.2 Å². The summed E-state index contributed by atoms with van der Waals surface area (Å²) in [6, 6.07) is 9.69. The van der Waals surface area contributed by atoms with Crippen LogP contribution in [0.3, 0.4) is 0 Å². The van der Waals surface area contributed by atoms with Crippen molar-refractivity contribution in [1.29, 1.82) is 5.26 Å². The fourth-order valence-corrected chi connectivity index (χ4v) is 3.99. The maximum atomic E-state index is 12.3. The van der Waals surface area contributed by atoms with E-state index in [1.807, 2.05) is 30.1 Å². The average Bonchev–Trinajstić information content (AvgIpc) is 2.91. The second-order valence-corrected chi connectivity index (χ2v) is 7.69. The molecule has 0 bridgehead atoms. The number of urea groups is 1. The highest BCUT2D eigenvalue weighted by Crippen LogP contribution is 2.47. The summed E-state index contributed by atoms with van der Waals surface area (Å²) in [5, 5.41) is 20.0. The molecule has 2 aliphatic rings. The van der Waals surface area contributed by atoms with Crippen molar-refractivity contribution in [2.75, 3.05) is 26.0 Å². The van der Waals surface area contributed by atoms with Crippen LogP contribution >= 0.6 is 0 Å². The van der Waals surface area contributed by atoms with Crippen LogP contribution in [0.4, 0.5) is 10.5 Å². The molecule has 3 amide bonds. The van der Waals surface area contributed by atoms with E-state index in [4.69, 9.17) is 0 Å². The van der Waals surface area contributed by atoms with Crippen LogP contribution in [0.1, 0.15) is 19.4 Å². The van der Waals surface area contributed by atoms with Gasteiger partial charge in [0.25, 0.3) is 5.91 Å². The molecule has 7 heteroatoms. The predicted molar refractivity (Wildman–Crippen MR) is 110 cm³/mol. The Morgan fingerprint density at radius 2 is 1.83 bits per heavy atom. The SMILES string of the molecule is CN1C(=O)\C(=C/C=C/C(C#N)=C2/N(C)c3ccccc3C2(C)C)C(O)N(C)C1=O. The Labute approximate surface area is 170 Å². The van der Waals surface area contributed by atoms with Gasteiger partial charge >= 0.3 is 6.03 Å². The summed E-state index contributed by atoms with van der Waals surface area (Å²) < 4.78 is 0. The number of carbonyl (C=O) groups excluding carboxylic acids is 2. The molecule has 1 fully saturated rings. The van der Waals surface area contributed by atoms with Gasteiger partial charge in [-0.15, -0.1) is 0 Å². The minimum Gasteiger partial charge on any atom is -0.369 e. The normalized spacial score (nSPS) is 24.4. The van der Waals surface area contributed by atoms with E-state index in [1.165, 1.54) is 20.2 Å². The minimum absolute atomic E-state index is 0.0652. The van der Waals surface area contributed by atoms with Crippen LogP contribution in [0, 0.1) is 11.3 Å². The standard InChI is InChI=1S/C22H24N4O3/c1-22(2)16-11-6-7-12-17(16)24(3)18(22)14(13-23)9-8-10-15-19(27)25(4)21(29)26(5)20(15)28/h6-12,19,27H,1-5H3/b9-8+,15-10-,18-14-. The number of rotatable bonds is 2. The zero-order chi connectivity index (χ0) is 21.5. The number of hydrogen-bond acceptors (Lipinski definition) is 5. The second kappa shape index (κ2) is 7.22. The number of carbonyl (C=O) groups is 2. The Balaban J connectivity index is 2.00. The summed E-state index contributed by atoms with van der Waals surface area (Å²) in [6.45, 7) is 4.14. The lowest BCUT2D eigenvalue weighted by atomic mass is 9.82. The predicted octanol–water partition coefficient (Wildman–Crippen LogP) is 2.52. The van der Waals surface area contributed by atoms with E-state index in [0.29, 0.717) is 5.57 Å². The number of aliphatic hydroxyl groups excluding tert-OH is 1. The smallest absolute Gasteiger partial charge is 0.328 e. The van der Waals surface area contributed by atoms with Gasteiger partial charge in [0.15, 0.2) is 6.23 Å². The van der Waals surface area contributed by atoms with Crippen molar-refractivity contribution < 1.29 is 14.7 Å². The summed E-state index contributed by atoms with van der Waals surface area (Å²) in [7, 11) is 4.71. The summed E-state index contributed by atoms with van der Waals surface area (Å²) in [6.07, 6.45) is 3.30. The molecule has 1 aromatic rings. The van der Waals surface area contributed by atoms with Crippen molar-refractivity contribution in [3.05, 3.63) is 64.9 Å². The van der Waals surface area contributed by atoms with Crippen molar-refractivity contribution in [2.24, 2.45) is 0 Å². The van der Waals surface area contributed by atoms with E-state index >= 15 is 0 Å². The molecule has 1 unspecified atom stereocenters. The van der Waals surface area contributed by atoms with Gasteiger partial charge < -0.3 is 10.0 Å². The number of anilines is 1. The molecule has 0 saturated carbocycles. The lowest BCUT2D eigenvalue weighted by Crippen LogP contribution is -2.55. The van der Waals surface area contributed by atoms with Gasteiger partial charge in [0.05, 0.1) is 11.1 Å². The number of aliphatic hydroxyl groups is 1. The summed E-state index contributed by atoms with van der Waals surface area (Å²) in [4.78, 5) is 28.2. The van der Waals surface area contributed by atoms with Gasteiger partial charge in [0, 0.05) is 37.9 Å². The average molecular weight is 392 g/mol. The number of fused-ring (bicyclic) bond motifs is 1. The van der Waals surface area contributed by atoms with Crippen molar-refractivity contribution in [2.45, 2.75) is 25.5 Å². The monoisotopic (exact) mass is 392 g/mol. The van der Waals surface area contributed by atoms with Crippen molar-refractivity contribution in [1.82, 2.24) is 9.80 Å². The summed E-state index contributed by atoms with van der Waals surface area (Å²) in [5.41, 5.74) is 3.21. The van der Waals surface area contributed by atoms with Crippen molar-refractivity contribution >= 4 is 17.6 Å². The van der Waals surface area contributed by atoms with E-state index in [-0.39, 0.29) is 11.0 Å². The third-order valence-corrected chi connectivity index (χ3v) is 5.57. The molecule has 3 rings (SSSR count). The summed E-state index contributed by atoms with van der Waals surface area (Å²) in [5.74, 6) is -0.567. The minimum atomic E-state index is -1.33. The topological polar surface area (TPSA) is 87.9 Å². The number of nitriles is 1. The van der Waals surface area contributed by atoms with E-state index in [0.717, 1.165) is 26.7 Å². The lowest BCUT2D eigenvalue weighted by Gasteiger charge is -2.34. The third kappa shape index (κ3) is 3.12. The largest absolute Gasteiger partial charge is 0.369 e. The maximum absolute atomic E-state index is 12.3. The molecule has 1 N–H and O–H groups in total. The van der Waals surface area contributed by atoms with Gasteiger partial charge in [0.1, 0.15) is 6.07 Å². The molecule has 1 aromatic carbocycles. The third-order valence-electron chi connectivity index (χ3n) is 5.57. The van der Waals surface area contributed by atoms with Gasteiger partial charge in [0.2, 0.25) is 0 Å². The number of benzene rings is 1. The maximum Gasteiger partial charge on any atom is 0.328 e. The van der Waals surface area contributed by atoms with Gasteiger partial charge in [-0.3, -0.25) is 14.6 Å². The molecule has 0 aromatic heterocycles. The highest BCUT2D eigenvalue weighted by Gasteiger charge is 2.40. The van der Waals surface area contributed by atoms with E-state index in [2.05, 4.69) is 26.0 Å². The molecule has 2 heterocycles. The zero-order valence-corrected chi connectivity index (χ0v) is 17.2. The Bertz CT molecular complexity index is 1010. The molecule has 0 spiro atoms. The number of para-hydroxylation sites is 1. The Kier molecular flexibility index (Phi) is 5.07. The molecular weight excluding hydrogens is 368 g/mol. The molecular formula is C22H24N4O3. The van der Waals surface area contributed by atoms with Gasteiger partial charge in [-0.25, -0.2) is 4.79 Å². The van der Waals surface area contributed by atoms with Crippen LogP contribution in [-0.2, 0) is 10.2 Å². The Morgan fingerprint density at radius 1 is 1.17 bits per heavy atom. The molecule has 1 atom stereocenters. The number of allylic oxidation sites excluding steroid dienone is 5. The zero-order valence-electron chi connectivity index (χ0n) is 17.2. The number of amides is 3. The van der Waals surface area contributed by atoms with Crippen molar-refractivity contribution in [3.8, 4) is 6.07 Å². The first-order chi connectivity index (χ1) is 13.6. The Hall–Kier alpha value is -3.37. The quantitative estimate of drug-likeness (QED) is 0.617. The van der Waals surface area contributed by atoms with E-state index < -0.39 is 18.2 Å². The molecule has 150 valence electrons. The molecule has 7 nitrogen and oxygen atoms in total. The Morgan fingerprint density at radius 3 is 2.45 bits per heavy atom. The fourth-order valence-electron chi connectivity index (χ4n) is 3.99. The first-order valence-electron chi connectivity index (χ1n) is 9.22. The number of nitrogens with zero attached hydrogens (tertiary/aromatic N) is 4. The van der Waals surface area contributed by atoms with Crippen LogP contribution in [-0.4, -0.2) is 54.2 Å². The highest BCUT2D eigenvalue weighted by atomic mass is 16.3. The number of imide groups is 1. The second-order valence-electron chi connectivity index (χ2n) is 7.69. The van der Waals surface area contributed by atoms with Gasteiger partial charge in [-0.05, 0) is 23.8 Å². The summed E-state index contributed by atoms with van der Waals surface area (Å²) >= 11 is 0. The first-order valence-corrected chi connectivity index (χ1v) is 9.22. The van der Waals surface area contributed by atoms with Crippen LogP contribution in [0.25, 0.3) is 0 Å². The molecule has 2 aliphatic heterocycles. The molecule has 0 radical (unpaired) electrons. The van der Waals surface area contributed by atoms with E-state index in [9.17, 15) is 20.0 Å².